The Bertz CT molecular complexity index is 260. The van der Waals surface area contributed by atoms with Gasteiger partial charge in [0.05, 0.1) is 18.8 Å². The van der Waals surface area contributed by atoms with Crippen molar-refractivity contribution in [2.75, 3.05) is 19.8 Å². The molecule has 1 saturated carbocycles. The lowest BCUT2D eigenvalue weighted by Gasteiger charge is -2.31. The van der Waals surface area contributed by atoms with Crippen LogP contribution in [-0.4, -0.2) is 48.2 Å². The van der Waals surface area contributed by atoms with E-state index < -0.39 is 6.10 Å². The van der Waals surface area contributed by atoms with E-state index in [1.807, 2.05) is 0 Å². The molecule has 4 heteroatoms. The molecule has 1 rings (SSSR count). The molecule has 0 aliphatic heterocycles. The van der Waals surface area contributed by atoms with Gasteiger partial charge in [-0.2, -0.15) is 0 Å². The molecule has 0 aromatic heterocycles. The first-order valence-electron chi connectivity index (χ1n) is 8.72. The van der Waals surface area contributed by atoms with E-state index in [0.29, 0.717) is 31.1 Å². The first-order valence-corrected chi connectivity index (χ1v) is 8.72. The number of ether oxygens (including phenoxy) is 1. The van der Waals surface area contributed by atoms with E-state index in [1.54, 1.807) is 0 Å². The lowest BCUT2D eigenvalue weighted by atomic mass is 9.85. The van der Waals surface area contributed by atoms with Crippen LogP contribution in [0.5, 0.6) is 0 Å². The van der Waals surface area contributed by atoms with Crippen LogP contribution in [0.2, 0.25) is 0 Å². The van der Waals surface area contributed by atoms with Crippen LogP contribution in [0, 0.1) is 11.8 Å². The van der Waals surface area contributed by atoms with Crippen molar-refractivity contribution in [3.63, 3.8) is 0 Å². The second kappa shape index (κ2) is 10.5. The van der Waals surface area contributed by atoms with E-state index >= 15 is 0 Å². The Morgan fingerprint density at radius 2 is 1.95 bits per heavy atom. The molecule has 0 aromatic rings. The number of rotatable bonds is 10. The second-order valence-electron chi connectivity index (χ2n) is 6.75. The first-order chi connectivity index (χ1) is 10.1. The monoisotopic (exact) mass is 301 g/mol. The molecule has 0 amide bonds. The maximum absolute atomic E-state index is 10.1. The second-order valence-corrected chi connectivity index (χ2v) is 6.75. The first kappa shape index (κ1) is 18.9. The highest BCUT2D eigenvalue weighted by Crippen LogP contribution is 2.29. The summed E-state index contributed by atoms with van der Waals surface area (Å²) < 4.78 is 5.96. The van der Waals surface area contributed by atoms with Gasteiger partial charge in [-0.15, -0.1) is 0 Å². The van der Waals surface area contributed by atoms with Gasteiger partial charge < -0.3 is 20.3 Å². The summed E-state index contributed by atoms with van der Waals surface area (Å²) in [6, 6.07) is 0.253. The average molecular weight is 301 g/mol. The number of aliphatic hydroxyl groups excluding tert-OH is 2. The molecule has 1 aliphatic rings. The third-order valence-corrected chi connectivity index (χ3v) is 4.73. The molecule has 3 N–H and O–H groups in total. The molecule has 0 bridgehead atoms. The molecule has 21 heavy (non-hydrogen) atoms. The summed E-state index contributed by atoms with van der Waals surface area (Å²) in [5.41, 5.74) is 0. The van der Waals surface area contributed by atoms with Gasteiger partial charge in [-0.1, -0.05) is 40.0 Å². The highest BCUT2D eigenvalue weighted by atomic mass is 16.5. The van der Waals surface area contributed by atoms with E-state index in [1.165, 1.54) is 25.7 Å². The van der Waals surface area contributed by atoms with Gasteiger partial charge in [0.15, 0.2) is 0 Å². The zero-order valence-electron chi connectivity index (χ0n) is 14.1. The standard InChI is InChI=1S/C17H35NO3/c1-4-14-7-5-6-8-17(14)21-12-15(20)11-18-16(9-10-19)13(2)3/h13-20H,4-12H2,1-3H3. The Morgan fingerprint density at radius 1 is 1.24 bits per heavy atom. The molecule has 0 spiro atoms. The predicted molar refractivity (Wildman–Crippen MR) is 86.3 cm³/mol. The third-order valence-electron chi connectivity index (χ3n) is 4.73. The average Bonchev–Trinajstić information content (AvgIpc) is 2.49. The van der Waals surface area contributed by atoms with Crippen LogP contribution in [0.3, 0.4) is 0 Å². The third kappa shape index (κ3) is 7.09. The van der Waals surface area contributed by atoms with Gasteiger partial charge in [0.25, 0.3) is 0 Å². The van der Waals surface area contributed by atoms with Crippen molar-refractivity contribution >= 4 is 0 Å². The van der Waals surface area contributed by atoms with Crippen LogP contribution in [0.1, 0.15) is 59.3 Å². The maximum atomic E-state index is 10.1. The Kier molecular flexibility index (Phi) is 9.49. The van der Waals surface area contributed by atoms with E-state index in [4.69, 9.17) is 9.84 Å². The van der Waals surface area contributed by atoms with E-state index in [-0.39, 0.29) is 12.6 Å². The minimum atomic E-state index is -0.468. The van der Waals surface area contributed by atoms with Gasteiger partial charge in [-0.05, 0) is 31.1 Å². The fraction of sp³-hybridized carbons (Fsp3) is 1.00. The summed E-state index contributed by atoms with van der Waals surface area (Å²) in [6.07, 6.45) is 6.73. The zero-order valence-corrected chi connectivity index (χ0v) is 14.1. The minimum absolute atomic E-state index is 0.183. The van der Waals surface area contributed by atoms with Crippen LogP contribution < -0.4 is 5.32 Å². The Labute approximate surface area is 130 Å². The van der Waals surface area contributed by atoms with Crippen molar-refractivity contribution in [3.05, 3.63) is 0 Å². The molecule has 0 radical (unpaired) electrons. The molecule has 0 saturated heterocycles. The molecule has 4 nitrogen and oxygen atoms in total. The van der Waals surface area contributed by atoms with Crippen LogP contribution >= 0.6 is 0 Å². The van der Waals surface area contributed by atoms with Crippen molar-refractivity contribution in [2.45, 2.75) is 77.5 Å². The Balaban J connectivity index is 2.24. The maximum Gasteiger partial charge on any atom is 0.0897 e. The quantitative estimate of drug-likeness (QED) is 0.579. The molecular formula is C17H35NO3. The fourth-order valence-electron chi connectivity index (χ4n) is 3.25. The van der Waals surface area contributed by atoms with Crippen molar-refractivity contribution in [1.29, 1.82) is 0 Å². The Morgan fingerprint density at radius 3 is 2.57 bits per heavy atom. The summed E-state index contributed by atoms with van der Waals surface area (Å²) in [7, 11) is 0. The molecule has 4 atom stereocenters. The SMILES string of the molecule is CCC1CCCCC1OCC(O)CNC(CCO)C(C)C. The summed E-state index contributed by atoms with van der Waals surface area (Å²) in [4.78, 5) is 0. The van der Waals surface area contributed by atoms with Gasteiger partial charge in [-0.25, -0.2) is 0 Å². The molecule has 126 valence electrons. The van der Waals surface area contributed by atoms with Gasteiger partial charge >= 0.3 is 0 Å². The van der Waals surface area contributed by atoms with E-state index in [9.17, 15) is 5.11 Å². The molecule has 4 unspecified atom stereocenters. The molecule has 0 aromatic carbocycles. The van der Waals surface area contributed by atoms with Crippen LogP contribution in [0.15, 0.2) is 0 Å². The van der Waals surface area contributed by atoms with Crippen LogP contribution in [0.4, 0.5) is 0 Å². The van der Waals surface area contributed by atoms with Crippen molar-refractivity contribution in [1.82, 2.24) is 5.32 Å². The number of aliphatic hydroxyl groups is 2. The topological polar surface area (TPSA) is 61.7 Å². The summed E-state index contributed by atoms with van der Waals surface area (Å²) in [5.74, 6) is 1.12. The lowest BCUT2D eigenvalue weighted by molar-refractivity contribution is -0.0506. The molecule has 1 aliphatic carbocycles. The highest BCUT2D eigenvalue weighted by Gasteiger charge is 2.25. The van der Waals surface area contributed by atoms with Crippen LogP contribution in [0.25, 0.3) is 0 Å². The highest BCUT2D eigenvalue weighted by molar-refractivity contribution is 4.76. The lowest BCUT2D eigenvalue weighted by Crippen LogP contribution is -2.41. The van der Waals surface area contributed by atoms with E-state index in [2.05, 4.69) is 26.1 Å². The van der Waals surface area contributed by atoms with E-state index in [0.717, 1.165) is 12.8 Å². The minimum Gasteiger partial charge on any atom is -0.396 e. The molecular weight excluding hydrogens is 266 g/mol. The smallest absolute Gasteiger partial charge is 0.0897 e. The Hall–Kier alpha value is -0.160. The molecule has 0 heterocycles. The normalized spacial score (nSPS) is 26.0. The number of hydrogen-bond acceptors (Lipinski definition) is 4. The van der Waals surface area contributed by atoms with Crippen LogP contribution in [-0.2, 0) is 4.74 Å². The fourth-order valence-corrected chi connectivity index (χ4v) is 3.25. The van der Waals surface area contributed by atoms with Gasteiger partial charge in [0.1, 0.15) is 0 Å². The summed E-state index contributed by atoms with van der Waals surface area (Å²) >= 11 is 0. The number of nitrogens with one attached hydrogen (secondary N) is 1. The van der Waals surface area contributed by atoms with Gasteiger partial charge in [0.2, 0.25) is 0 Å². The van der Waals surface area contributed by atoms with Gasteiger partial charge in [0, 0.05) is 19.2 Å². The largest absolute Gasteiger partial charge is 0.396 e. The van der Waals surface area contributed by atoms with Crippen molar-refractivity contribution < 1.29 is 14.9 Å². The zero-order chi connectivity index (χ0) is 15.7. The predicted octanol–water partition coefficient (Wildman–Crippen LogP) is 2.33. The number of hydrogen-bond donors (Lipinski definition) is 3. The van der Waals surface area contributed by atoms with Gasteiger partial charge in [-0.3, -0.25) is 0 Å². The van der Waals surface area contributed by atoms with Crippen molar-refractivity contribution in [2.24, 2.45) is 11.8 Å². The summed E-state index contributed by atoms with van der Waals surface area (Å²) in [6.45, 7) is 7.62. The van der Waals surface area contributed by atoms with Crippen molar-refractivity contribution in [3.8, 4) is 0 Å². The molecule has 1 fully saturated rings. The summed E-state index contributed by atoms with van der Waals surface area (Å²) in [5, 5.41) is 22.5.